The van der Waals surface area contributed by atoms with E-state index in [4.69, 9.17) is 14.2 Å². The lowest BCUT2D eigenvalue weighted by molar-refractivity contribution is -0.119. The summed E-state index contributed by atoms with van der Waals surface area (Å²) in [5, 5.41) is 1.86. The summed E-state index contributed by atoms with van der Waals surface area (Å²) in [6.07, 6.45) is 4.74. The number of carbonyl (C=O) groups excluding carboxylic acids is 1. The number of aromatic nitrogens is 3. The molecular weight excluding hydrogens is 444 g/mol. The lowest BCUT2D eigenvalue weighted by Crippen LogP contribution is -2.45. The number of rotatable bonds is 8. The van der Waals surface area contributed by atoms with Gasteiger partial charge in [-0.2, -0.15) is 0 Å². The van der Waals surface area contributed by atoms with Crippen molar-refractivity contribution in [1.82, 2.24) is 19.9 Å². The highest BCUT2D eigenvalue weighted by atomic mass is 16.5. The third-order valence-corrected chi connectivity index (χ3v) is 6.43. The van der Waals surface area contributed by atoms with Crippen molar-refractivity contribution in [3.05, 3.63) is 48.4 Å². The predicted molar refractivity (Wildman–Crippen MR) is 135 cm³/mol. The maximum absolute atomic E-state index is 11.7. The van der Waals surface area contributed by atoms with E-state index >= 15 is 0 Å². The highest BCUT2D eigenvalue weighted by Gasteiger charge is 2.24. The Kier molecular flexibility index (Phi) is 6.55. The lowest BCUT2D eigenvalue weighted by atomic mass is 10.0. The average molecular weight is 475 g/mol. The molecule has 0 bridgehead atoms. The molecule has 1 unspecified atom stereocenters. The minimum absolute atomic E-state index is 0.176. The molecule has 5 rings (SSSR count). The number of nitrogens with zero attached hydrogens (tertiary/aromatic N) is 3. The van der Waals surface area contributed by atoms with E-state index in [0.717, 1.165) is 47.8 Å². The van der Waals surface area contributed by atoms with Crippen LogP contribution in [0.4, 0.5) is 0 Å². The van der Waals surface area contributed by atoms with E-state index in [9.17, 15) is 4.79 Å². The molecule has 1 saturated heterocycles. The van der Waals surface area contributed by atoms with E-state index in [0.29, 0.717) is 41.8 Å². The van der Waals surface area contributed by atoms with Gasteiger partial charge in [0.25, 0.3) is 0 Å². The van der Waals surface area contributed by atoms with Crippen LogP contribution < -0.4 is 14.2 Å². The van der Waals surface area contributed by atoms with Gasteiger partial charge in [0.05, 0.1) is 24.6 Å². The number of H-pyrrole nitrogens is 1. The zero-order valence-electron chi connectivity index (χ0n) is 20.3. The molecule has 35 heavy (non-hydrogen) atoms. The first-order valence-electron chi connectivity index (χ1n) is 12.0. The molecule has 0 aliphatic carbocycles. The third-order valence-electron chi connectivity index (χ3n) is 6.43. The summed E-state index contributed by atoms with van der Waals surface area (Å²) in [6, 6.07) is 11.9. The Morgan fingerprint density at radius 3 is 2.86 bits per heavy atom. The number of methoxy groups -OCH3 is 1. The molecule has 1 N–H and O–H groups in total. The fourth-order valence-corrected chi connectivity index (χ4v) is 4.75. The summed E-state index contributed by atoms with van der Waals surface area (Å²) in [5.74, 6) is 2.50. The summed E-state index contributed by atoms with van der Waals surface area (Å²) >= 11 is 0. The largest absolute Gasteiger partial charge is 0.493 e. The van der Waals surface area contributed by atoms with Gasteiger partial charge in [-0.1, -0.05) is 6.42 Å². The fraction of sp³-hybridized carbons (Fsp3) is 0.370. The quantitative estimate of drug-likeness (QED) is 0.382. The summed E-state index contributed by atoms with van der Waals surface area (Å²) < 4.78 is 18.0. The van der Waals surface area contributed by atoms with Gasteiger partial charge in [-0.15, -0.1) is 0 Å². The third kappa shape index (κ3) is 5.07. The van der Waals surface area contributed by atoms with Crippen LogP contribution in [0, 0.1) is 6.92 Å². The van der Waals surface area contributed by atoms with Gasteiger partial charge in [0.15, 0.2) is 11.5 Å². The number of ether oxygens (including phenoxy) is 3. The number of piperidine rings is 1. The number of benzene rings is 2. The summed E-state index contributed by atoms with van der Waals surface area (Å²) in [4.78, 5) is 26.0. The van der Waals surface area contributed by atoms with Gasteiger partial charge in [0.2, 0.25) is 5.88 Å². The second-order valence-corrected chi connectivity index (χ2v) is 9.14. The zero-order chi connectivity index (χ0) is 24.4. The van der Waals surface area contributed by atoms with Gasteiger partial charge in [-0.3, -0.25) is 9.69 Å². The van der Waals surface area contributed by atoms with E-state index in [1.54, 1.807) is 14.0 Å². The second kappa shape index (κ2) is 9.92. The highest BCUT2D eigenvalue weighted by Crippen LogP contribution is 2.37. The first-order valence-corrected chi connectivity index (χ1v) is 12.0. The highest BCUT2D eigenvalue weighted by molar-refractivity contribution is 5.87. The molecule has 0 saturated carbocycles. The number of aryl methyl sites for hydroxylation is 1. The average Bonchev–Trinajstić information content (AvgIpc) is 3.22. The van der Waals surface area contributed by atoms with E-state index < -0.39 is 0 Å². The molecule has 2 aromatic heterocycles. The molecule has 0 amide bonds. The van der Waals surface area contributed by atoms with Crippen LogP contribution in [0.5, 0.6) is 23.1 Å². The molecule has 8 nitrogen and oxygen atoms in total. The van der Waals surface area contributed by atoms with E-state index in [2.05, 4.69) is 25.9 Å². The minimum atomic E-state index is 0.176. The van der Waals surface area contributed by atoms with Gasteiger partial charge in [-0.25, -0.2) is 9.97 Å². The Hall–Kier alpha value is -3.65. The molecule has 0 radical (unpaired) electrons. The van der Waals surface area contributed by atoms with E-state index in [1.807, 2.05) is 37.3 Å². The molecule has 182 valence electrons. The first kappa shape index (κ1) is 23.1. The monoisotopic (exact) mass is 474 g/mol. The number of carbonyl (C=O) groups is 1. The van der Waals surface area contributed by atoms with Gasteiger partial charge in [0, 0.05) is 29.4 Å². The summed E-state index contributed by atoms with van der Waals surface area (Å²) in [5.41, 5.74) is 2.81. The Balaban J connectivity index is 1.39. The number of hydrogen-bond donors (Lipinski definition) is 1. The van der Waals surface area contributed by atoms with Gasteiger partial charge < -0.3 is 19.2 Å². The van der Waals surface area contributed by atoms with E-state index in [1.165, 1.54) is 6.33 Å². The minimum Gasteiger partial charge on any atom is -0.493 e. The molecule has 3 heterocycles. The Bertz CT molecular complexity index is 1370. The normalized spacial score (nSPS) is 16.5. The van der Waals surface area contributed by atoms with Crippen LogP contribution in [0.1, 0.15) is 31.9 Å². The zero-order valence-corrected chi connectivity index (χ0v) is 20.3. The van der Waals surface area contributed by atoms with Crippen molar-refractivity contribution >= 4 is 27.6 Å². The van der Waals surface area contributed by atoms with Crippen molar-refractivity contribution < 1.29 is 19.0 Å². The number of fused-ring (bicyclic) bond motifs is 2. The second-order valence-electron chi connectivity index (χ2n) is 9.14. The lowest BCUT2D eigenvalue weighted by Gasteiger charge is -2.34. The van der Waals surface area contributed by atoms with Gasteiger partial charge in [0.1, 0.15) is 24.5 Å². The standard InChI is InChI=1S/C27H30N4O4/c1-17-10-19-7-8-21(11-23(19)30-17)35-27-22-12-25(33-3)26(13-24(22)28-16-29-27)34-15-20-6-4-5-9-31(20)14-18(2)32/h7-8,10-13,16,20,30H,4-6,9,14-15H2,1-3H3. The van der Waals surface area contributed by atoms with Crippen LogP contribution in [0.25, 0.3) is 21.8 Å². The molecule has 1 aliphatic rings. The summed E-state index contributed by atoms with van der Waals surface area (Å²) in [7, 11) is 1.61. The Labute approximate surface area is 204 Å². The van der Waals surface area contributed by atoms with Crippen molar-refractivity contribution in [3.8, 4) is 23.1 Å². The van der Waals surface area contributed by atoms with Crippen LogP contribution in [0.2, 0.25) is 0 Å². The van der Waals surface area contributed by atoms with E-state index in [-0.39, 0.29) is 11.8 Å². The molecule has 2 aromatic carbocycles. The maximum Gasteiger partial charge on any atom is 0.230 e. The predicted octanol–water partition coefficient (Wildman–Crippen LogP) is 5.04. The SMILES string of the molecule is COc1cc2c(Oc3ccc4cc(C)[nH]c4c3)ncnc2cc1OCC1CCCCN1CC(C)=O. The van der Waals surface area contributed by atoms with Crippen molar-refractivity contribution in [2.24, 2.45) is 0 Å². The van der Waals surface area contributed by atoms with Crippen LogP contribution >= 0.6 is 0 Å². The van der Waals surface area contributed by atoms with Crippen molar-refractivity contribution in [2.45, 2.75) is 39.2 Å². The number of ketones is 1. The number of likely N-dealkylation sites (tertiary alicyclic amines) is 1. The molecule has 1 fully saturated rings. The van der Waals surface area contributed by atoms with Crippen LogP contribution in [0.3, 0.4) is 0 Å². The molecular formula is C27H30N4O4. The maximum atomic E-state index is 11.7. The number of aromatic amines is 1. The van der Waals surface area contributed by atoms with Crippen molar-refractivity contribution in [3.63, 3.8) is 0 Å². The number of hydrogen-bond acceptors (Lipinski definition) is 7. The van der Waals surface area contributed by atoms with Crippen molar-refractivity contribution in [1.29, 1.82) is 0 Å². The topological polar surface area (TPSA) is 89.6 Å². The Morgan fingerprint density at radius 2 is 2.03 bits per heavy atom. The first-order chi connectivity index (χ1) is 17.0. The van der Waals surface area contributed by atoms with Crippen LogP contribution in [-0.4, -0.2) is 58.5 Å². The van der Waals surface area contributed by atoms with Gasteiger partial charge >= 0.3 is 0 Å². The molecule has 8 heteroatoms. The molecule has 4 aromatic rings. The fourth-order valence-electron chi connectivity index (χ4n) is 4.75. The van der Waals surface area contributed by atoms with Crippen LogP contribution in [0.15, 0.2) is 42.7 Å². The molecule has 1 aliphatic heterocycles. The molecule has 0 spiro atoms. The summed E-state index contributed by atoms with van der Waals surface area (Å²) in [6.45, 7) is 5.53. The smallest absolute Gasteiger partial charge is 0.230 e. The van der Waals surface area contributed by atoms with Crippen molar-refractivity contribution in [2.75, 3.05) is 26.8 Å². The Morgan fingerprint density at radius 1 is 1.14 bits per heavy atom. The van der Waals surface area contributed by atoms with Gasteiger partial charge in [-0.05, 0) is 62.9 Å². The number of Topliss-reactive ketones (excluding diaryl/α,β-unsaturated/α-hetero) is 1. The number of nitrogens with one attached hydrogen (secondary N) is 1. The van der Waals surface area contributed by atoms with Crippen LogP contribution in [-0.2, 0) is 4.79 Å². The molecule has 1 atom stereocenters.